The largest absolute Gasteiger partial charge is 0.481 e. The highest BCUT2D eigenvalue weighted by Crippen LogP contribution is 2.37. The van der Waals surface area contributed by atoms with Gasteiger partial charge in [0.25, 0.3) is 0 Å². The lowest BCUT2D eigenvalue weighted by Gasteiger charge is -2.29. The number of unbranched alkanes of at least 4 members (excludes halogenated alkanes) is 13. The zero-order valence-electron chi connectivity index (χ0n) is 28.9. The minimum atomic E-state index is -0.732. The van der Waals surface area contributed by atoms with E-state index in [4.69, 9.17) is 14.6 Å². The van der Waals surface area contributed by atoms with Crippen LogP contribution in [0.1, 0.15) is 188 Å². The Kier molecular flexibility index (Phi) is 32.3. The molecule has 8 nitrogen and oxygen atoms in total. The van der Waals surface area contributed by atoms with Crippen LogP contribution in [0.3, 0.4) is 0 Å². The Morgan fingerprint density at radius 2 is 0.795 bits per heavy atom. The molecular weight excluding hydrogens is 560 g/mol. The van der Waals surface area contributed by atoms with Crippen LogP contribution in [0, 0.1) is 5.41 Å². The lowest BCUT2D eigenvalue weighted by molar-refractivity contribution is -0.151. The van der Waals surface area contributed by atoms with Gasteiger partial charge >= 0.3 is 23.9 Å². The lowest BCUT2D eigenvalue weighted by Crippen LogP contribution is -2.31. The molecule has 0 unspecified atom stereocenters. The van der Waals surface area contributed by atoms with E-state index in [0.717, 1.165) is 141 Å². The summed E-state index contributed by atoms with van der Waals surface area (Å²) in [6.07, 6.45) is 22.5. The number of carboxylic acid groups (broad SMARTS) is 2. The number of ether oxygens (including phenoxy) is 2. The summed E-state index contributed by atoms with van der Waals surface area (Å²) in [7, 11) is 0. The second-order valence-electron chi connectivity index (χ2n) is 12.2. The first-order chi connectivity index (χ1) is 21.2. The number of rotatable bonds is 30. The Morgan fingerprint density at radius 3 is 1.16 bits per heavy atom. The van der Waals surface area contributed by atoms with Gasteiger partial charge < -0.3 is 19.7 Å². The summed E-state index contributed by atoms with van der Waals surface area (Å²) in [5, 5.41) is 18.3. The highest BCUT2D eigenvalue weighted by molar-refractivity contribution is 5.74. The number of carbonyl (C=O) groups is 4. The molecule has 0 amide bonds. The molecule has 2 N–H and O–H groups in total. The molecule has 0 radical (unpaired) electrons. The van der Waals surface area contributed by atoms with Crippen LogP contribution >= 0.6 is 0 Å². The Hall–Kier alpha value is -2.12. The van der Waals surface area contributed by atoms with E-state index in [-0.39, 0.29) is 18.4 Å². The van der Waals surface area contributed by atoms with Gasteiger partial charge in [-0.3, -0.25) is 19.2 Å². The second kappa shape index (κ2) is 32.3. The van der Waals surface area contributed by atoms with Crippen molar-refractivity contribution in [3.05, 3.63) is 0 Å². The third kappa shape index (κ3) is 28.6. The Labute approximate surface area is 269 Å². The number of esters is 2. The SMILES string of the molecule is CCCCC(CCCC)(CCCCCCCC(=O)O)C(=O)O.CCCCOC(=O)CCCCCCCCC(=O)OCCCC. The highest BCUT2D eigenvalue weighted by atomic mass is 16.5. The minimum absolute atomic E-state index is 0.0664. The number of hydrogen-bond acceptors (Lipinski definition) is 6. The van der Waals surface area contributed by atoms with Gasteiger partial charge in [-0.25, -0.2) is 0 Å². The van der Waals surface area contributed by atoms with Gasteiger partial charge in [-0.05, 0) is 51.4 Å². The molecule has 0 aromatic carbocycles. The van der Waals surface area contributed by atoms with Crippen molar-refractivity contribution < 1.29 is 38.9 Å². The van der Waals surface area contributed by atoms with Gasteiger partial charge in [0, 0.05) is 19.3 Å². The molecule has 0 rings (SSSR count). The summed E-state index contributed by atoms with van der Waals surface area (Å²) in [4.78, 5) is 45.0. The standard InChI is InChI=1S/2C18H34O4/c1-3-5-15-21-17(19)13-11-9-7-8-10-12-14-18(20)22-16-6-4-2;1-3-5-13-18(17(21)22,14-6-4-2)15-11-9-7-8-10-12-16(19)20/h3-16H2,1-2H3;3-15H2,1-2H3,(H,19,20)(H,21,22). The summed E-state index contributed by atoms with van der Waals surface area (Å²) in [5.74, 6) is -1.49. The summed E-state index contributed by atoms with van der Waals surface area (Å²) in [5.41, 5.74) is -0.535. The summed E-state index contributed by atoms with van der Waals surface area (Å²) < 4.78 is 10.2. The molecule has 0 saturated heterocycles. The number of carbonyl (C=O) groups excluding carboxylic acids is 2. The molecule has 0 aromatic rings. The van der Waals surface area contributed by atoms with Gasteiger partial charge in [-0.2, -0.15) is 0 Å². The molecule has 0 aliphatic rings. The normalized spacial score (nSPS) is 11.0. The fourth-order valence-electron chi connectivity index (χ4n) is 5.05. The average molecular weight is 629 g/mol. The number of aliphatic carboxylic acids is 2. The van der Waals surface area contributed by atoms with Crippen LogP contribution in [0.5, 0.6) is 0 Å². The molecule has 0 spiro atoms. The van der Waals surface area contributed by atoms with E-state index < -0.39 is 17.4 Å². The van der Waals surface area contributed by atoms with Crippen molar-refractivity contribution >= 4 is 23.9 Å². The van der Waals surface area contributed by atoms with Gasteiger partial charge in [0.15, 0.2) is 0 Å². The molecule has 0 bridgehead atoms. The van der Waals surface area contributed by atoms with Gasteiger partial charge in [-0.15, -0.1) is 0 Å². The maximum absolute atomic E-state index is 11.8. The second-order valence-corrected chi connectivity index (χ2v) is 12.2. The highest BCUT2D eigenvalue weighted by Gasteiger charge is 2.36. The number of carboxylic acids is 2. The lowest BCUT2D eigenvalue weighted by atomic mass is 9.74. The van der Waals surface area contributed by atoms with Crippen molar-refractivity contribution in [3.8, 4) is 0 Å². The molecule has 0 heterocycles. The van der Waals surface area contributed by atoms with Crippen LogP contribution in [-0.2, 0) is 28.7 Å². The van der Waals surface area contributed by atoms with Gasteiger partial charge in [0.05, 0.1) is 18.6 Å². The first-order valence-electron chi connectivity index (χ1n) is 17.9. The molecule has 44 heavy (non-hydrogen) atoms. The zero-order valence-corrected chi connectivity index (χ0v) is 28.9. The van der Waals surface area contributed by atoms with Crippen molar-refractivity contribution in [1.82, 2.24) is 0 Å². The molecule has 0 saturated carbocycles. The van der Waals surface area contributed by atoms with Crippen molar-refractivity contribution in [2.45, 2.75) is 188 Å². The van der Waals surface area contributed by atoms with E-state index in [1.807, 2.05) is 0 Å². The molecule has 8 heteroatoms. The molecule has 260 valence electrons. The van der Waals surface area contributed by atoms with Crippen LogP contribution < -0.4 is 0 Å². The van der Waals surface area contributed by atoms with Crippen LogP contribution in [-0.4, -0.2) is 47.3 Å². The predicted molar refractivity (Wildman–Crippen MR) is 178 cm³/mol. The quantitative estimate of drug-likeness (QED) is 0.0594. The first kappa shape index (κ1) is 44.0. The van der Waals surface area contributed by atoms with E-state index in [0.29, 0.717) is 26.1 Å². The predicted octanol–water partition coefficient (Wildman–Crippen LogP) is 10.0. The minimum Gasteiger partial charge on any atom is -0.481 e. The van der Waals surface area contributed by atoms with Crippen LogP contribution in [0.15, 0.2) is 0 Å². The third-order valence-corrected chi connectivity index (χ3v) is 8.05. The summed E-state index contributed by atoms with van der Waals surface area (Å²) in [6, 6.07) is 0. The summed E-state index contributed by atoms with van der Waals surface area (Å²) >= 11 is 0. The monoisotopic (exact) mass is 628 g/mol. The van der Waals surface area contributed by atoms with Gasteiger partial charge in [-0.1, -0.05) is 118 Å². The average Bonchev–Trinajstić information content (AvgIpc) is 2.99. The third-order valence-electron chi connectivity index (χ3n) is 8.05. The Bertz CT molecular complexity index is 670. The fraction of sp³-hybridized carbons (Fsp3) is 0.889. The van der Waals surface area contributed by atoms with E-state index in [1.54, 1.807) is 0 Å². The molecule has 0 aliphatic carbocycles. The topological polar surface area (TPSA) is 127 Å². The maximum atomic E-state index is 11.8. The van der Waals surface area contributed by atoms with Crippen molar-refractivity contribution in [2.75, 3.05) is 13.2 Å². The van der Waals surface area contributed by atoms with Crippen molar-refractivity contribution in [1.29, 1.82) is 0 Å². The van der Waals surface area contributed by atoms with E-state index in [2.05, 4.69) is 27.7 Å². The molecule has 0 fully saturated rings. The van der Waals surface area contributed by atoms with E-state index in [9.17, 15) is 24.3 Å². The molecule has 0 atom stereocenters. The van der Waals surface area contributed by atoms with E-state index >= 15 is 0 Å². The Morgan fingerprint density at radius 1 is 0.455 bits per heavy atom. The zero-order chi connectivity index (χ0) is 33.3. The van der Waals surface area contributed by atoms with Gasteiger partial charge in [0.1, 0.15) is 0 Å². The number of hydrogen-bond donors (Lipinski definition) is 2. The van der Waals surface area contributed by atoms with Gasteiger partial charge in [0.2, 0.25) is 0 Å². The Balaban J connectivity index is 0. The molecular formula is C36H68O8. The molecule has 0 aromatic heterocycles. The summed E-state index contributed by atoms with van der Waals surface area (Å²) in [6.45, 7) is 9.49. The van der Waals surface area contributed by atoms with Crippen molar-refractivity contribution in [2.24, 2.45) is 5.41 Å². The smallest absolute Gasteiger partial charge is 0.309 e. The fourth-order valence-corrected chi connectivity index (χ4v) is 5.05. The van der Waals surface area contributed by atoms with Crippen LogP contribution in [0.25, 0.3) is 0 Å². The van der Waals surface area contributed by atoms with Crippen LogP contribution in [0.4, 0.5) is 0 Å². The van der Waals surface area contributed by atoms with E-state index in [1.165, 1.54) is 0 Å². The molecule has 0 aliphatic heterocycles. The van der Waals surface area contributed by atoms with Crippen LogP contribution in [0.2, 0.25) is 0 Å². The van der Waals surface area contributed by atoms with Crippen molar-refractivity contribution in [3.63, 3.8) is 0 Å². The first-order valence-corrected chi connectivity index (χ1v) is 17.9. The maximum Gasteiger partial charge on any atom is 0.309 e.